The van der Waals surface area contributed by atoms with Crippen LogP contribution in [0.25, 0.3) is 0 Å². The SMILES string of the molecule is COc1ccc(CN2CCC(N3CCCN(c4nccc(OC)n4)CC3)CC2)cc1.Cl. The van der Waals surface area contributed by atoms with E-state index >= 15 is 0 Å². The summed E-state index contributed by atoms with van der Waals surface area (Å²) in [6.07, 6.45) is 5.41. The lowest BCUT2D eigenvalue weighted by molar-refractivity contribution is 0.110. The number of likely N-dealkylation sites (tertiary alicyclic amines) is 1. The second kappa shape index (κ2) is 11.5. The Hall–Kier alpha value is -2.09. The highest BCUT2D eigenvalue weighted by Crippen LogP contribution is 2.22. The summed E-state index contributed by atoms with van der Waals surface area (Å²) in [6.45, 7) is 7.55. The molecule has 0 atom stereocenters. The van der Waals surface area contributed by atoms with Crippen LogP contribution < -0.4 is 14.4 Å². The number of hydrogen-bond acceptors (Lipinski definition) is 7. The summed E-state index contributed by atoms with van der Waals surface area (Å²) >= 11 is 0. The van der Waals surface area contributed by atoms with E-state index in [-0.39, 0.29) is 12.4 Å². The Labute approximate surface area is 191 Å². The number of piperidine rings is 1. The van der Waals surface area contributed by atoms with Gasteiger partial charge in [0.25, 0.3) is 0 Å². The first-order valence-electron chi connectivity index (χ1n) is 11.0. The standard InChI is InChI=1S/C23H33N5O2.ClH/c1-29-21-6-4-19(5-7-21)18-26-14-9-20(10-15-26)27-12-3-13-28(17-16-27)23-24-11-8-22(25-23)30-2;/h4-8,11,20H,3,9-10,12-18H2,1-2H3;1H. The number of rotatable bonds is 6. The molecule has 0 saturated carbocycles. The van der Waals surface area contributed by atoms with Gasteiger partial charge in [0.15, 0.2) is 0 Å². The van der Waals surface area contributed by atoms with Crippen LogP contribution in [0, 0.1) is 0 Å². The molecule has 0 aliphatic carbocycles. The number of ether oxygens (including phenoxy) is 2. The van der Waals surface area contributed by atoms with Gasteiger partial charge in [0.05, 0.1) is 14.2 Å². The van der Waals surface area contributed by atoms with Gasteiger partial charge in [-0.2, -0.15) is 4.98 Å². The van der Waals surface area contributed by atoms with Crippen LogP contribution in [-0.4, -0.2) is 79.3 Å². The number of benzene rings is 1. The van der Waals surface area contributed by atoms with E-state index in [1.165, 1.54) is 18.4 Å². The summed E-state index contributed by atoms with van der Waals surface area (Å²) in [5, 5.41) is 0. The van der Waals surface area contributed by atoms with Crippen molar-refractivity contribution in [3.8, 4) is 11.6 Å². The molecule has 31 heavy (non-hydrogen) atoms. The quantitative estimate of drug-likeness (QED) is 0.674. The molecule has 1 aromatic heterocycles. The monoisotopic (exact) mass is 447 g/mol. The van der Waals surface area contributed by atoms with Crippen molar-refractivity contribution < 1.29 is 9.47 Å². The van der Waals surface area contributed by atoms with Gasteiger partial charge >= 0.3 is 0 Å². The van der Waals surface area contributed by atoms with Crippen molar-refractivity contribution in [1.82, 2.24) is 19.8 Å². The van der Waals surface area contributed by atoms with Gasteiger partial charge in [-0.25, -0.2) is 4.98 Å². The Kier molecular flexibility index (Phi) is 8.75. The molecule has 170 valence electrons. The average molecular weight is 448 g/mol. The fraction of sp³-hybridized carbons (Fsp3) is 0.565. The third-order valence-corrected chi connectivity index (χ3v) is 6.28. The maximum absolute atomic E-state index is 5.26. The molecule has 8 heteroatoms. The summed E-state index contributed by atoms with van der Waals surface area (Å²) in [6, 6.07) is 10.9. The van der Waals surface area contributed by atoms with E-state index in [0.29, 0.717) is 11.9 Å². The molecule has 4 rings (SSSR count). The molecule has 2 aliphatic heterocycles. The Morgan fingerprint density at radius 1 is 0.903 bits per heavy atom. The van der Waals surface area contributed by atoms with E-state index in [1.54, 1.807) is 26.5 Å². The topological polar surface area (TPSA) is 54.0 Å². The number of methoxy groups -OCH3 is 2. The summed E-state index contributed by atoms with van der Waals surface area (Å²) in [5.74, 6) is 2.34. The minimum atomic E-state index is 0. The average Bonchev–Trinajstić information content (AvgIpc) is 3.07. The fourth-order valence-electron chi connectivity index (χ4n) is 4.53. The van der Waals surface area contributed by atoms with Crippen molar-refractivity contribution >= 4 is 18.4 Å². The van der Waals surface area contributed by atoms with Crippen molar-refractivity contribution in [3.05, 3.63) is 42.1 Å². The van der Waals surface area contributed by atoms with Gasteiger partial charge in [-0.1, -0.05) is 12.1 Å². The highest BCUT2D eigenvalue weighted by molar-refractivity contribution is 5.85. The predicted octanol–water partition coefficient (Wildman–Crippen LogP) is 3.09. The Bertz CT molecular complexity index is 799. The van der Waals surface area contributed by atoms with Crippen LogP contribution in [0.4, 0.5) is 5.95 Å². The Morgan fingerprint density at radius 2 is 1.68 bits per heavy atom. The highest BCUT2D eigenvalue weighted by atomic mass is 35.5. The number of anilines is 1. The number of aromatic nitrogens is 2. The first-order valence-corrected chi connectivity index (χ1v) is 11.0. The second-order valence-corrected chi connectivity index (χ2v) is 8.13. The first-order chi connectivity index (χ1) is 14.7. The fourth-order valence-corrected chi connectivity index (χ4v) is 4.53. The molecule has 0 radical (unpaired) electrons. The molecule has 2 aromatic rings. The summed E-state index contributed by atoms with van der Waals surface area (Å²) in [7, 11) is 3.36. The predicted molar refractivity (Wildman–Crippen MR) is 126 cm³/mol. The van der Waals surface area contributed by atoms with E-state index in [9.17, 15) is 0 Å². The lowest BCUT2D eigenvalue weighted by Crippen LogP contribution is -2.46. The lowest BCUT2D eigenvalue weighted by atomic mass is 10.0. The molecule has 0 N–H and O–H groups in total. The molecule has 0 spiro atoms. The zero-order valence-corrected chi connectivity index (χ0v) is 19.4. The molecule has 1 aromatic carbocycles. The lowest BCUT2D eigenvalue weighted by Gasteiger charge is -2.38. The molecule has 0 bridgehead atoms. The van der Waals surface area contributed by atoms with Gasteiger partial charge in [0.2, 0.25) is 11.8 Å². The molecule has 2 fully saturated rings. The van der Waals surface area contributed by atoms with Crippen molar-refractivity contribution in [2.45, 2.75) is 31.8 Å². The zero-order chi connectivity index (χ0) is 20.8. The maximum atomic E-state index is 5.26. The largest absolute Gasteiger partial charge is 0.497 e. The third-order valence-electron chi connectivity index (χ3n) is 6.28. The van der Waals surface area contributed by atoms with Crippen LogP contribution in [0.3, 0.4) is 0 Å². The zero-order valence-electron chi connectivity index (χ0n) is 18.6. The molecule has 7 nitrogen and oxygen atoms in total. The van der Waals surface area contributed by atoms with Crippen molar-refractivity contribution in [2.75, 3.05) is 58.4 Å². The summed E-state index contributed by atoms with van der Waals surface area (Å²) in [4.78, 5) is 16.5. The van der Waals surface area contributed by atoms with E-state index in [0.717, 1.165) is 63.9 Å². The molecule has 3 heterocycles. The van der Waals surface area contributed by atoms with Gasteiger partial charge in [-0.3, -0.25) is 9.80 Å². The first kappa shape index (κ1) is 23.6. The van der Waals surface area contributed by atoms with Gasteiger partial charge in [0, 0.05) is 51.0 Å². The molecule has 2 saturated heterocycles. The van der Waals surface area contributed by atoms with Gasteiger partial charge in [-0.05, 0) is 50.0 Å². The minimum Gasteiger partial charge on any atom is -0.497 e. The van der Waals surface area contributed by atoms with Crippen LogP contribution in [-0.2, 0) is 6.54 Å². The smallest absolute Gasteiger partial charge is 0.228 e. The van der Waals surface area contributed by atoms with E-state index in [1.807, 2.05) is 0 Å². The van der Waals surface area contributed by atoms with Gasteiger partial charge in [0.1, 0.15) is 5.75 Å². The van der Waals surface area contributed by atoms with Crippen molar-refractivity contribution in [2.24, 2.45) is 0 Å². The van der Waals surface area contributed by atoms with Crippen LogP contribution in [0.5, 0.6) is 11.6 Å². The maximum Gasteiger partial charge on any atom is 0.228 e. The van der Waals surface area contributed by atoms with Crippen LogP contribution >= 0.6 is 12.4 Å². The number of nitrogens with zero attached hydrogens (tertiary/aromatic N) is 5. The van der Waals surface area contributed by atoms with Crippen molar-refractivity contribution in [3.63, 3.8) is 0 Å². The number of hydrogen-bond donors (Lipinski definition) is 0. The van der Waals surface area contributed by atoms with Crippen LogP contribution in [0.15, 0.2) is 36.5 Å². The molecule has 2 aliphatic rings. The van der Waals surface area contributed by atoms with Gasteiger partial charge < -0.3 is 14.4 Å². The minimum absolute atomic E-state index is 0. The van der Waals surface area contributed by atoms with E-state index in [4.69, 9.17) is 9.47 Å². The van der Waals surface area contributed by atoms with Crippen LogP contribution in [0.1, 0.15) is 24.8 Å². The molecular weight excluding hydrogens is 414 g/mol. The highest BCUT2D eigenvalue weighted by Gasteiger charge is 2.27. The van der Waals surface area contributed by atoms with Gasteiger partial charge in [-0.15, -0.1) is 12.4 Å². The molecular formula is C23H34ClN5O2. The van der Waals surface area contributed by atoms with E-state index in [2.05, 4.69) is 48.9 Å². The van der Waals surface area contributed by atoms with E-state index < -0.39 is 0 Å². The molecule has 0 unspecified atom stereocenters. The number of halogens is 1. The second-order valence-electron chi connectivity index (χ2n) is 8.13. The summed E-state index contributed by atoms with van der Waals surface area (Å²) < 4.78 is 10.5. The molecule has 0 amide bonds. The summed E-state index contributed by atoms with van der Waals surface area (Å²) in [5.41, 5.74) is 1.36. The Balaban J connectivity index is 0.00000272. The third kappa shape index (κ3) is 6.21. The Morgan fingerprint density at radius 3 is 2.39 bits per heavy atom. The van der Waals surface area contributed by atoms with Crippen LogP contribution in [0.2, 0.25) is 0 Å². The van der Waals surface area contributed by atoms with Crippen molar-refractivity contribution in [1.29, 1.82) is 0 Å². The normalized spacial score (nSPS) is 18.8.